The van der Waals surface area contributed by atoms with Crippen LogP contribution in [0.4, 0.5) is 5.69 Å². The number of hydrogen-bond acceptors (Lipinski definition) is 3. The number of para-hydroxylation sites is 2. The Balaban J connectivity index is 0.00000193. The molecule has 4 aromatic rings. The van der Waals surface area contributed by atoms with E-state index in [1.165, 1.54) is 0 Å². The van der Waals surface area contributed by atoms with Crippen LogP contribution in [0, 0.1) is 19.9 Å². The molecule has 0 N–H and O–H groups in total. The summed E-state index contributed by atoms with van der Waals surface area (Å²) in [4.78, 5) is 7.33. The van der Waals surface area contributed by atoms with Crippen molar-refractivity contribution >= 4 is 5.69 Å². The summed E-state index contributed by atoms with van der Waals surface area (Å²) in [6.07, 6.45) is 0. The molecule has 2 aliphatic heterocycles. The van der Waals surface area contributed by atoms with Gasteiger partial charge in [0, 0.05) is 42.6 Å². The van der Waals surface area contributed by atoms with Gasteiger partial charge in [-0.15, -0.1) is 24.3 Å². The molecule has 0 unspecified atom stereocenters. The zero-order valence-corrected chi connectivity index (χ0v) is 19.3. The Morgan fingerprint density at radius 2 is 1.53 bits per heavy atom. The molecule has 3 heterocycles. The van der Waals surface area contributed by atoms with Gasteiger partial charge < -0.3 is 14.2 Å². The molecule has 0 amide bonds. The third-order valence-electron chi connectivity index (χ3n) is 6.32. The fourth-order valence-electron chi connectivity index (χ4n) is 4.94. The molecular formula is C25H20IrN3O-. The van der Waals surface area contributed by atoms with Gasteiger partial charge in [0.05, 0.1) is 5.82 Å². The molecular weight excluding hydrogens is 551 g/mol. The summed E-state index contributed by atoms with van der Waals surface area (Å²) >= 11 is 0. The number of imidazole rings is 1. The maximum atomic E-state index is 6.33. The summed E-state index contributed by atoms with van der Waals surface area (Å²) in [5.74, 6) is 2.69. The number of rotatable bonds is 0. The Morgan fingerprint density at radius 1 is 0.900 bits per heavy atom. The second kappa shape index (κ2) is 6.56. The number of hydrogen-bond donors (Lipinski definition) is 0. The fourth-order valence-corrected chi connectivity index (χ4v) is 4.94. The van der Waals surface area contributed by atoms with Gasteiger partial charge in [0.1, 0.15) is 11.5 Å². The van der Waals surface area contributed by atoms with Crippen LogP contribution in [0.3, 0.4) is 0 Å². The van der Waals surface area contributed by atoms with Crippen LogP contribution in [0.1, 0.15) is 22.5 Å². The Labute approximate surface area is 189 Å². The van der Waals surface area contributed by atoms with E-state index in [9.17, 15) is 0 Å². The summed E-state index contributed by atoms with van der Waals surface area (Å²) in [5.41, 5.74) is 5.93. The van der Waals surface area contributed by atoms with Crippen molar-refractivity contribution in [3.8, 4) is 22.9 Å². The average Bonchev–Trinajstić information content (AvgIpc) is 3.06. The molecule has 5 heteroatoms. The summed E-state index contributed by atoms with van der Waals surface area (Å²) in [6, 6.07) is 26.2. The van der Waals surface area contributed by atoms with Gasteiger partial charge >= 0.3 is 0 Å². The van der Waals surface area contributed by atoms with Crippen LogP contribution in [0.15, 0.2) is 66.7 Å². The first kappa shape index (κ1) is 19.1. The minimum absolute atomic E-state index is 0. The van der Waals surface area contributed by atoms with Crippen molar-refractivity contribution in [2.75, 3.05) is 11.9 Å². The van der Waals surface area contributed by atoms with Gasteiger partial charge in [-0.1, -0.05) is 42.0 Å². The Bertz CT molecular complexity index is 1250. The molecule has 4 nitrogen and oxygen atoms in total. The number of nitrogens with zero attached hydrogens (tertiary/aromatic N) is 3. The molecule has 0 saturated carbocycles. The van der Waals surface area contributed by atoms with E-state index >= 15 is 0 Å². The molecule has 0 atom stereocenters. The summed E-state index contributed by atoms with van der Waals surface area (Å²) in [5, 5.41) is 0. The minimum Gasteiger partial charge on any atom is -0.456 e. The number of fused-ring (bicyclic) bond motifs is 8. The van der Waals surface area contributed by atoms with Crippen molar-refractivity contribution < 1.29 is 24.8 Å². The second-order valence-electron chi connectivity index (χ2n) is 7.70. The standard InChI is InChI=1S/C25H20N3O.Ir/c1-16-17(2)28-24(26-16)18-10-4-7-13-21(18)27(3)25(28)19-11-5-8-14-22(19)29-23-15-9-6-12-20(23)25;/h4-9,11-15H,1-3H3;/q-1;. The number of ether oxygens (including phenoxy) is 1. The van der Waals surface area contributed by atoms with Gasteiger partial charge in [0.2, 0.25) is 0 Å². The number of benzene rings is 3. The number of aryl methyl sites for hydroxylation is 1. The van der Waals surface area contributed by atoms with Crippen molar-refractivity contribution in [2.24, 2.45) is 0 Å². The molecule has 6 rings (SSSR count). The molecule has 0 fully saturated rings. The summed E-state index contributed by atoms with van der Waals surface area (Å²) in [6.45, 7) is 4.23. The SMILES string of the molecule is Cc1nc2n(c1C)C1(c3ccccc3Oc3ccccc31)N(C)c1ccc[c-]c1-2.[Ir]. The zero-order valence-electron chi connectivity index (χ0n) is 16.9. The fraction of sp³-hybridized carbons (Fsp3) is 0.160. The van der Waals surface area contributed by atoms with E-state index in [0.717, 1.165) is 51.1 Å². The predicted octanol–water partition coefficient (Wildman–Crippen LogP) is 5.27. The van der Waals surface area contributed by atoms with Crippen molar-refractivity contribution in [1.29, 1.82) is 0 Å². The second-order valence-corrected chi connectivity index (χ2v) is 7.70. The molecule has 30 heavy (non-hydrogen) atoms. The van der Waals surface area contributed by atoms with E-state index in [4.69, 9.17) is 9.72 Å². The van der Waals surface area contributed by atoms with Gasteiger partial charge in [0.25, 0.3) is 0 Å². The monoisotopic (exact) mass is 571 g/mol. The first-order valence-electron chi connectivity index (χ1n) is 9.82. The van der Waals surface area contributed by atoms with Gasteiger partial charge in [-0.2, -0.15) is 0 Å². The summed E-state index contributed by atoms with van der Waals surface area (Å²) < 4.78 is 8.70. The van der Waals surface area contributed by atoms with Crippen LogP contribution in [0.2, 0.25) is 0 Å². The van der Waals surface area contributed by atoms with Gasteiger partial charge in [0.15, 0.2) is 5.66 Å². The first-order valence-corrected chi connectivity index (χ1v) is 9.82. The third-order valence-corrected chi connectivity index (χ3v) is 6.32. The van der Waals surface area contributed by atoms with Crippen LogP contribution < -0.4 is 9.64 Å². The topological polar surface area (TPSA) is 30.3 Å². The van der Waals surface area contributed by atoms with Crippen molar-refractivity contribution in [3.63, 3.8) is 0 Å². The van der Waals surface area contributed by atoms with Gasteiger partial charge in [-0.25, -0.2) is 0 Å². The van der Waals surface area contributed by atoms with Gasteiger partial charge in [-0.05, 0) is 38.7 Å². The molecule has 3 aromatic carbocycles. The molecule has 151 valence electrons. The van der Waals surface area contributed by atoms with Crippen LogP contribution in [-0.2, 0) is 25.8 Å². The van der Waals surface area contributed by atoms with Crippen LogP contribution in [-0.4, -0.2) is 16.6 Å². The minimum atomic E-state index is -0.589. The molecule has 1 radical (unpaired) electrons. The van der Waals surface area contributed by atoms with E-state index in [2.05, 4.69) is 66.8 Å². The average molecular weight is 571 g/mol. The Hall–Kier alpha value is -2.88. The Kier molecular flexibility index (Phi) is 4.18. The maximum Gasteiger partial charge on any atom is 0.163 e. The Morgan fingerprint density at radius 3 is 2.20 bits per heavy atom. The molecule has 0 aliphatic carbocycles. The summed E-state index contributed by atoms with van der Waals surface area (Å²) in [7, 11) is 2.16. The predicted molar refractivity (Wildman–Crippen MR) is 114 cm³/mol. The maximum absolute atomic E-state index is 6.33. The van der Waals surface area contributed by atoms with Gasteiger partial charge in [-0.3, -0.25) is 4.98 Å². The van der Waals surface area contributed by atoms with E-state index in [1.807, 2.05) is 36.4 Å². The van der Waals surface area contributed by atoms with Crippen molar-refractivity contribution in [1.82, 2.24) is 9.55 Å². The van der Waals surface area contributed by atoms with Crippen molar-refractivity contribution in [3.05, 3.63) is 95.3 Å². The van der Waals surface area contributed by atoms with Crippen LogP contribution in [0.5, 0.6) is 11.5 Å². The normalized spacial score (nSPS) is 14.7. The van der Waals surface area contributed by atoms with Crippen LogP contribution in [0.25, 0.3) is 11.4 Å². The molecule has 1 aromatic heterocycles. The van der Waals surface area contributed by atoms with Crippen LogP contribution >= 0.6 is 0 Å². The number of anilines is 1. The first-order chi connectivity index (χ1) is 14.1. The molecule has 0 bridgehead atoms. The third kappa shape index (κ3) is 2.17. The van der Waals surface area contributed by atoms with E-state index in [1.54, 1.807) is 0 Å². The molecule has 1 spiro atoms. The smallest absolute Gasteiger partial charge is 0.163 e. The molecule has 2 aliphatic rings. The van der Waals surface area contributed by atoms with E-state index in [-0.39, 0.29) is 20.1 Å². The largest absolute Gasteiger partial charge is 0.456 e. The zero-order chi connectivity index (χ0) is 19.8. The van der Waals surface area contributed by atoms with E-state index < -0.39 is 5.66 Å². The molecule has 0 saturated heterocycles. The van der Waals surface area contributed by atoms with Crippen molar-refractivity contribution in [2.45, 2.75) is 19.5 Å². The van der Waals surface area contributed by atoms with E-state index in [0.29, 0.717) is 0 Å². The number of aromatic nitrogens is 2. The quantitative estimate of drug-likeness (QED) is 0.270.